The van der Waals surface area contributed by atoms with Crippen molar-refractivity contribution in [3.05, 3.63) is 48.5 Å². The molecule has 12 heteroatoms. The molecule has 0 aromatic heterocycles. The summed E-state index contributed by atoms with van der Waals surface area (Å²) in [7, 11) is 1.52. The van der Waals surface area contributed by atoms with E-state index in [9.17, 15) is 27.6 Å². The molecule has 1 fully saturated rings. The third kappa shape index (κ3) is 7.80. The van der Waals surface area contributed by atoms with Gasteiger partial charge in [-0.15, -0.1) is 13.2 Å². The summed E-state index contributed by atoms with van der Waals surface area (Å²) < 4.78 is 45.6. The number of nitrogens with zero attached hydrogens (tertiary/aromatic N) is 1. The largest absolute Gasteiger partial charge is 0.573 e. The number of ether oxygens (including phenoxy) is 2. The van der Waals surface area contributed by atoms with Gasteiger partial charge in [0.1, 0.15) is 11.5 Å². The maximum absolute atomic E-state index is 12.5. The van der Waals surface area contributed by atoms with Crippen molar-refractivity contribution in [2.75, 3.05) is 37.4 Å². The minimum atomic E-state index is -4.82. The number of hydrogen-bond donors (Lipinski definition) is 3. The first-order chi connectivity index (χ1) is 16.6. The summed E-state index contributed by atoms with van der Waals surface area (Å²) in [5.41, 5.74) is 0.719. The molecule has 1 aliphatic heterocycles. The Kier molecular flexibility index (Phi) is 8.39. The van der Waals surface area contributed by atoms with Gasteiger partial charge >= 0.3 is 24.2 Å². The van der Waals surface area contributed by atoms with Crippen molar-refractivity contribution in [1.82, 2.24) is 10.2 Å². The fraction of sp³-hybridized carbons (Fsp3) is 0.348. The zero-order chi connectivity index (χ0) is 25.4. The lowest BCUT2D eigenvalue weighted by atomic mass is 9.97. The maximum atomic E-state index is 12.5. The normalized spacial score (nSPS) is 14.1. The van der Waals surface area contributed by atoms with Gasteiger partial charge in [0.25, 0.3) is 0 Å². The van der Waals surface area contributed by atoms with Crippen molar-refractivity contribution >= 4 is 29.2 Å². The zero-order valence-corrected chi connectivity index (χ0v) is 18.9. The van der Waals surface area contributed by atoms with Crippen LogP contribution in [0.25, 0.3) is 0 Å². The molecule has 3 rings (SSSR count). The quantitative estimate of drug-likeness (QED) is 0.532. The number of hydrogen-bond acceptors (Lipinski definition) is 5. The molecule has 0 saturated carbocycles. The van der Waals surface area contributed by atoms with E-state index < -0.39 is 23.9 Å². The molecule has 188 valence electrons. The number of benzene rings is 2. The van der Waals surface area contributed by atoms with Gasteiger partial charge in [-0.05, 0) is 55.2 Å². The van der Waals surface area contributed by atoms with Gasteiger partial charge in [-0.25, -0.2) is 4.79 Å². The van der Waals surface area contributed by atoms with Gasteiger partial charge < -0.3 is 30.3 Å². The van der Waals surface area contributed by atoms with Crippen molar-refractivity contribution in [1.29, 1.82) is 0 Å². The standard InChI is InChI=1S/C23H25F3N4O5/c1-34-19-5-3-2-4-18(19)29-22(33)30-12-10-15(11-13-30)14-27-20(31)21(32)28-16-6-8-17(9-7-16)35-23(24,25)26/h2-9,15H,10-14H2,1H3,(H,27,31)(H,28,32)(H,29,33). The highest BCUT2D eigenvalue weighted by atomic mass is 19.4. The van der Waals surface area contributed by atoms with Crippen LogP contribution in [0.5, 0.6) is 11.5 Å². The van der Waals surface area contributed by atoms with Crippen LogP contribution in [0.3, 0.4) is 0 Å². The fourth-order valence-electron chi connectivity index (χ4n) is 3.53. The molecule has 2 aromatic carbocycles. The zero-order valence-electron chi connectivity index (χ0n) is 18.9. The molecule has 35 heavy (non-hydrogen) atoms. The average Bonchev–Trinajstić information content (AvgIpc) is 2.83. The molecule has 1 saturated heterocycles. The summed E-state index contributed by atoms with van der Waals surface area (Å²) in [5, 5.41) is 7.69. The van der Waals surface area contributed by atoms with Crippen molar-refractivity contribution < 1.29 is 37.0 Å². The molecule has 0 aliphatic carbocycles. The number of likely N-dealkylation sites (tertiary alicyclic amines) is 1. The highest BCUT2D eigenvalue weighted by molar-refractivity contribution is 6.39. The third-order valence-electron chi connectivity index (χ3n) is 5.35. The number of piperidine rings is 1. The topological polar surface area (TPSA) is 109 Å². The second kappa shape index (κ2) is 11.4. The van der Waals surface area contributed by atoms with Crippen molar-refractivity contribution in [2.45, 2.75) is 19.2 Å². The van der Waals surface area contributed by atoms with Crippen LogP contribution in [0.4, 0.5) is 29.3 Å². The molecule has 3 N–H and O–H groups in total. The highest BCUT2D eigenvalue weighted by Crippen LogP contribution is 2.25. The van der Waals surface area contributed by atoms with Crippen LogP contribution in [-0.4, -0.2) is 55.9 Å². The van der Waals surface area contributed by atoms with Gasteiger partial charge in [-0.2, -0.15) is 0 Å². The van der Waals surface area contributed by atoms with E-state index in [0.29, 0.717) is 37.4 Å². The van der Waals surface area contributed by atoms with Gasteiger partial charge in [0.15, 0.2) is 0 Å². The molecule has 0 bridgehead atoms. The molecular formula is C23H25F3N4O5. The lowest BCUT2D eigenvalue weighted by Gasteiger charge is -2.32. The van der Waals surface area contributed by atoms with Crippen LogP contribution in [-0.2, 0) is 9.59 Å². The molecule has 0 radical (unpaired) electrons. The van der Waals surface area contributed by atoms with E-state index >= 15 is 0 Å². The first-order valence-corrected chi connectivity index (χ1v) is 10.8. The Balaban J connectivity index is 1.39. The van der Waals surface area contributed by atoms with E-state index in [4.69, 9.17) is 4.74 Å². The van der Waals surface area contributed by atoms with Crippen LogP contribution in [0.1, 0.15) is 12.8 Å². The Labute approximate surface area is 199 Å². The number of carbonyl (C=O) groups is 3. The van der Waals surface area contributed by atoms with E-state index in [1.807, 2.05) is 0 Å². The van der Waals surface area contributed by atoms with Gasteiger partial charge in [0.2, 0.25) is 0 Å². The Morgan fingerprint density at radius 1 is 0.971 bits per heavy atom. The number of methoxy groups -OCH3 is 1. The number of rotatable bonds is 6. The number of urea groups is 1. The predicted octanol–water partition coefficient (Wildman–Crippen LogP) is 3.59. The number of alkyl halides is 3. The molecule has 0 unspecified atom stereocenters. The Hall–Kier alpha value is -3.96. The molecule has 0 spiro atoms. The first-order valence-electron chi connectivity index (χ1n) is 10.8. The second-order valence-electron chi connectivity index (χ2n) is 7.80. The Morgan fingerprint density at radius 3 is 2.26 bits per heavy atom. The number of nitrogens with one attached hydrogen (secondary N) is 3. The number of halogens is 3. The van der Waals surface area contributed by atoms with Crippen molar-refractivity contribution in [3.63, 3.8) is 0 Å². The van der Waals surface area contributed by atoms with Crippen LogP contribution in [0.15, 0.2) is 48.5 Å². The number of para-hydroxylation sites is 2. The molecule has 1 heterocycles. The van der Waals surface area contributed by atoms with Gasteiger partial charge in [0.05, 0.1) is 12.8 Å². The fourth-order valence-corrected chi connectivity index (χ4v) is 3.53. The van der Waals surface area contributed by atoms with Crippen molar-refractivity contribution in [3.8, 4) is 11.5 Å². The van der Waals surface area contributed by atoms with E-state index in [2.05, 4.69) is 20.7 Å². The van der Waals surface area contributed by atoms with Gasteiger partial charge in [-0.1, -0.05) is 12.1 Å². The minimum Gasteiger partial charge on any atom is -0.495 e. The predicted molar refractivity (Wildman–Crippen MR) is 121 cm³/mol. The van der Waals surface area contributed by atoms with Gasteiger partial charge in [0, 0.05) is 25.3 Å². The van der Waals surface area contributed by atoms with E-state index in [-0.39, 0.29) is 24.2 Å². The van der Waals surface area contributed by atoms with E-state index in [1.54, 1.807) is 29.2 Å². The monoisotopic (exact) mass is 494 g/mol. The van der Waals surface area contributed by atoms with Gasteiger partial charge in [-0.3, -0.25) is 9.59 Å². The molecule has 2 aromatic rings. The van der Waals surface area contributed by atoms with Crippen LogP contribution < -0.4 is 25.4 Å². The molecule has 0 atom stereocenters. The summed E-state index contributed by atoms with van der Waals surface area (Å²) >= 11 is 0. The molecule has 4 amide bonds. The van der Waals surface area contributed by atoms with Crippen LogP contribution in [0.2, 0.25) is 0 Å². The van der Waals surface area contributed by atoms with Crippen LogP contribution in [0, 0.1) is 5.92 Å². The lowest BCUT2D eigenvalue weighted by molar-refractivity contribution is -0.274. The Morgan fingerprint density at radius 2 is 1.63 bits per heavy atom. The molecule has 1 aliphatic rings. The van der Waals surface area contributed by atoms with Crippen LogP contribution >= 0.6 is 0 Å². The summed E-state index contributed by atoms with van der Waals surface area (Å²) in [6.45, 7) is 1.23. The third-order valence-corrected chi connectivity index (χ3v) is 5.35. The maximum Gasteiger partial charge on any atom is 0.573 e. The lowest BCUT2D eigenvalue weighted by Crippen LogP contribution is -2.44. The summed E-state index contributed by atoms with van der Waals surface area (Å²) in [6, 6.07) is 11.3. The second-order valence-corrected chi connectivity index (χ2v) is 7.80. The minimum absolute atomic E-state index is 0.0841. The van der Waals surface area contributed by atoms with E-state index in [1.165, 1.54) is 19.2 Å². The highest BCUT2D eigenvalue weighted by Gasteiger charge is 2.31. The smallest absolute Gasteiger partial charge is 0.495 e. The summed E-state index contributed by atoms with van der Waals surface area (Å²) in [6.07, 6.45) is -3.54. The average molecular weight is 494 g/mol. The molecule has 9 nitrogen and oxygen atoms in total. The summed E-state index contributed by atoms with van der Waals surface area (Å²) in [5.74, 6) is -1.61. The number of carbonyl (C=O) groups excluding carboxylic acids is 3. The number of anilines is 2. The SMILES string of the molecule is COc1ccccc1NC(=O)N1CCC(CNC(=O)C(=O)Nc2ccc(OC(F)(F)F)cc2)CC1. The van der Waals surface area contributed by atoms with Crippen molar-refractivity contribution in [2.24, 2.45) is 5.92 Å². The molecular weight excluding hydrogens is 469 g/mol. The Bertz CT molecular complexity index is 1040. The summed E-state index contributed by atoms with van der Waals surface area (Å²) in [4.78, 5) is 38.4. The van der Waals surface area contributed by atoms with E-state index in [0.717, 1.165) is 12.1 Å². The first kappa shape index (κ1) is 25.7. The number of amides is 4.